The number of carboxylic acid groups (broad SMARTS) is 1. The van der Waals surface area contributed by atoms with Gasteiger partial charge in [-0.3, -0.25) is 14.7 Å². The van der Waals surface area contributed by atoms with Gasteiger partial charge in [-0.25, -0.2) is 4.79 Å². The molecule has 1 aromatic carbocycles. The van der Waals surface area contributed by atoms with Crippen LogP contribution in [0.5, 0.6) is 0 Å². The maximum absolute atomic E-state index is 13.3. The summed E-state index contributed by atoms with van der Waals surface area (Å²) in [5, 5.41) is 16.2. The van der Waals surface area contributed by atoms with Crippen molar-refractivity contribution in [3.05, 3.63) is 57.8 Å². The summed E-state index contributed by atoms with van der Waals surface area (Å²) in [7, 11) is 0. The lowest BCUT2D eigenvalue weighted by molar-refractivity contribution is -0.192. The molecule has 0 bridgehead atoms. The van der Waals surface area contributed by atoms with Gasteiger partial charge in [-0.1, -0.05) is 6.42 Å². The number of hydrogen-bond donors (Lipinski definition) is 1. The number of hydrogen-bond acceptors (Lipinski definition) is 5. The third kappa shape index (κ3) is 5.01. The van der Waals surface area contributed by atoms with E-state index in [1.807, 2.05) is 25.1 Å². The molecule has 1 aliphatic carbocycles. The number of rotatable bonds is 4. The van der Waals surface area contributed by atoms with Crippen LogP contribution in [0.4, 0.5) is 13.2 Å². The monoisotopic (exact) mass is 562 g/mol. The molecule has 2 fully saturated rings. The Hall–Kier alpha value is -3.23. The lowest BCUT2D eigenvalue weighted by atomic mass is 9.63. The summed E-state index contributed by atoms with van der Waals surface area (Å²) >= 11 is 3.51. The Morgan fingerprint density at radius 3 is 2.33 bits per heavy atom. The molecule has 0 unspecified atom stereocenters. The summed E-state index contributed by atoms with van der Waals surface area (Å²) in [6, 6.07) is 11.6. The van der Waals surface area contributed by atoms with Crippen molar-refractivity contribution in [2.24, 2.45) is 5.41 Å². The number of benzene rings is 1. The average molecular weight is 563 g/mol. The number of carbonyl (C=O) groups is 2. The summed E-state index contributed by atoms with van der Waals surface area (Å²) in [6.45, 7) is 4.52. The van der Waals surface area contributed by atoms with Crippen LogP contribution in [-0.2, 0) is 4.79 Å². The van der Waals surface area contributed by atoms with Gasteiger partial charge in [0.25, 0.3) is 0 Å². The molecule has 1 saturated heterocycles. The molecule has 1 spiro atoms. The molecular weight excluding hydrogens is 541 g/mol. The Kier molecular flexibility index (Phi) is 6.94. The van der Waals surface area contributed by atoms with Crippen LogP contribution in [0.15, 0.2) is 41.0 Å². The molecule has 1 aliphatic heterocycles. The van der Waals surface area contributed by atoms with E-state index in [1.54, 1.807) is 18.3 Å². The minimum Gasteiger partial charge on any atom is -0.475 e. The Balaban J connectivity index is 0.000000384. The quantitative estimate of drug-likeness (QED) is 0.435. The minimum absolute atomic E-state index is 0.129. The third-order valence-corrected chi connectivity index (χ3v) is 7.12. The number of aromatic nitrogens is 2. The van der Waals surface area contributed by atoms with Crippen molar-refractivity contribution < 1.29 is 27.9 Å². The highest BCUT2D eigenvalue weighted by Crippen LogP contribution is 2.48. The maximum Gasteiger partial charge on any atom is 0.490 e. The van der Waals surface area contributed by atoms with Gasteiger partial charge in [0.1, 0.15) is 0 Å². The zero-order chi connectivity index (χ0) is 26.3. The lowest BCUT2D eigenvalue weighted by Crippen LogP contribution is -2.60. The first kappa shape index (κ1) is 25.9. The zero-order valence-corrected chi connectivity index (χ0v) is 20.9. The second-order valence-corrected chi connectivity index (χ2v) is 10.1. The molecule has 1 N–H and O–H groups in total. The van der Waals surface area contributed by atoms with Crippen molar-refractivity contribution in [3.8, 4) is 11.8 Å². The second kappa shape index (κ2) is 9.67. The van der Waals surface area contributed by atoms with Gasteiger partial charge in [-0.2, -0.15) is 18.4 Å². The first-order valence-corrected chi connectivity index (χ1v) is 12.0. The highest BCUT2D eigenvalue weighted by molar-refractivity contribution is 9.10. The molecule has 3 aromatic rings. The van der Waals surface area contributed by atoms with E-state index in [-0.39, 0.29) is 5.78 Å². The molecule has 0 radical (unpaired) electrons. The molecular formula is C25H22BrF3N4O3. The summed E-state index contributed by atoms with van der Waals surface area (Å²) < 4.78 is 34.7. The molecule has 0 amide bonds. The molecule has 1 saturated carbocycles. The van der Waals surface area contributed by atoms with Crippen LogP contribution in [0.3, 0.4) is 0 Å². The summed E-state index contributed by atoms with van der Waals surface area (Å²) in [4.78, 5) is 29.0. The van der Waals surface area contributed by atoms with E-state index in [1.165, 1.54) is 19.3 Å². The number of ketones is 1. The molecule has 2 aromatic heterocycles. The molecule has 11 heteroatoms. The van der Waals surface area contributed by atoms with Gasteiger partial charge < -0.3 is 9.67 Å². The molecule has 5 rings (SSSR count). The number of fused-ring (bicyclic) bond motifs is 1. The van der Waals surface area contributed by atoms with Gasteiger partial charge in [0.2, 0.25) is 0 Å². The maximum atomic E-state index is 13.3. The van der Waals surface area contributed by atoms with E-state index in [0.29, 0.717) is 23.1 Å². The number of halogens is 4. The summed E-state index contributed by atoms with van der Waals surface area (Å²) in [6.07, 6.45) is 0.612. The van der Waals surface area contributed by atoms with Crippen molar-refractivity contribution in [2.45, 2.75) is 32.4 Å². The standard InChI is InChI=1S/C23H21BrN4O.C2HF3O2/c1-15-21(20(29)12-27-13-23(14-27)7-2-8-23)22-19(9-17(24)11-26-22)28(15)18-5-3-16(10-25)4-6-18;3-2(4,5)1(6)7/h3-6,9,11H,2,7-8,12-14H2,1H3;(H,6,7). The fraction of sp³-hybridized carbons (Fsp3) is 0.360. The molecule has 36 heavy (non-hydrogen) atoms. The average Bonchev–Trinajstić information content (AvgIpc) is 3.05. The number of nitrogens with zero attached hydrogens (tertiary/aromatic N) is 4. The van der Waals surface area contributed by atoms with Crippen LogP contribution in [0.2, 0.25) is 0 Å². The van der Waals surface area contributed by atoms with Crippen molar-refractivity contribution in [2.75, 3.05) is 19.6 Å². The summed E-state index contributed by atoms with van der Waals surface area (Å²) in [5.41, 5.74) is 5.26. The fourth-order valence-electron chi connectivity index (χ4n) is 4.90. The van der Waals surface area contributed by atoms with Gasteiger partial charge in [0.15, 0.2) is 5.78 Å². The lowest BCUT2D eigenvalue weighted by Gasteiger charge is -2.55. The van der Waals surface area contributed by atoms with Gasteiger partial charge in [-0.15, -0.1) is 0 Å². The van der Waals surface area contributed by atoms with Gasteiger partial charge in [0.05, 0.1) is 34.8 Å². The highest BCUT2D eigenvalue weighted by Gasteiger charge is 2.47. The van der Waals surface area contributed by atoms with E-state index in [9.17, 15) is 18.0 Å². The number of alkyl halides is 3. The van der Waals surface area contributed by atoms with Crippen molar-refractivity contribution >= 4 is 38.7 Å². The Morgan fingerprint density at radius 1 is 1.22 bits per heavy atom. The largest absolute Gasteiger partial charge is 0.490 e. The van der Waals surface area contributed by atoms with Crippen LogP contribution in [0, 0.1) is 23.7 Å². The number of Topliss-reactive ketones (excluding diaryl/α,β-unsaturated/α-hetero) is 1. The van der Waals surface area contributed by atoms with Crippen LogP contribution >= 0.6 is 15.9 Å². The van der Waals surface area contributed by atoms with Crippen LogP contribution in [-0.4, -0.2) is 57.1 Å². The molecule has 7 nitrogen and oxygen atoms in total. The molecule has 3 heterocycles. The van der Waals surface area contributed by atoms with Crippen LogP contribution in [0.1, 0.15) is 40.9 Å². The van der Waals surface area contributed by atoms with E-state index in [4.69, 9.17) is 15.2 Å². The number of carboxylic acids is 1. The number of nitriles is 1. The first-order chi connectivity index (χ1) is 16.9. The summed E-state index contributed by atoms with van der Waals surface area (Å²) in [5.74, 6) is -2.63. The minimum atomic E-state index is -5.08. The molecule has 2 aliphatic rings. The topological polar surface area (TPSA) is 99.2 Å². The fourth-order valence-corrected chi connectivity index (χ4v) is 5.22. The highest BCUT2D eigenvalue weighted by atomic mass is 79.9. The van der Waals surface area contributed by atoms with Crippen molar-refractivity contribution in [1.82, 2.24) is 14.5 Å². The Morgan fingerprint density at radius 2 is 1.83 bits per heavy atom. The number of likely N-dealkylation sites (tertiary alicyclic amines) is 1. The van der Waals surface area contributed by atoms with E-state index >= 15 is 0 Å². The van der Waals surface area contributed by atoms with Crippen LogP contribution < -0.4 is 0 Å². The number of aliphatic carboxylic acids is 1. The van der Waals surface area contributed by atoms with E-state index in [2.05, 4.69) is 36.5 Å². The normalized spacial score (nSPS) is 16.4. The van der Waals surface area contributed by atoms with Gasteiger partial charge in [0, 0.05) is 35.1 Å². The smallest absolute Gasteiger partial charge is 0.475 e. The number of carbonyl (C=O) groups excluding carboxylic acids is 1. The predicted octanol–water partition coefficient (Wildman–Crippen LogP) is 5.27. The molecule has 188 valence electrons. The molecule has 0 atom stereocenters. The SMILES string of the molecule is Cc1c(C(=O)CN2CC3(CCC3)C2)c2ncc(Br)cc2n1-c1ccc(C#N)cc1.O=C(O)C(F)(F)F. The van der Waals surface area contributed by atoms with Gasteiger partial charge in [-0.05, 0) is 71.4 Å². The van der Waals surface area contributed by atoms with E-state index < -0.39 is 12.1 Å². The Bertz CT molecular complexity index is 1360. The van der Waals surface area contributed by atoms with Gasteiger partial charge >= 0.3 is 12.1 Å². The third-order valence-electron chi connectivity index (χ3n) is 6.68. The predicted molar refractivity (Wildman–Crippen MR) is 129 cm³/mol. The van der Waals surface area contributed by atoms with Crippen molar-refractivity contribution in [3.63, 3.8) is 0 Å². The van der Waals surface area contributed by atoms with Crippen molar-refractivity contribution in [1.29, 1.82) is 5.26 Å². The number of pyridine rings is 1. The van der Waals surface area contributed by atoms with Crippen LogP contribution in [0.25, 0.3) is 16.7 Å². The second-order valence-electron chi connectivity index (χ2n) is 9.20. The first-order valence-electron chi connectivity index (χ1n) is 11.2. The van der Waals surface area contributed by atoms with E-state index in [0.717, 1.165) is 40.0 Å². The Labute approximate surface area is 213 Å². The zero-order valence-electron chi connectivity index (χ0n) is 19.3.